The van der Waals surface area contributed by atoms with Crippen molar-refractivity contribution >= 4 is 39.8 Å². The number of thiophene rings is 1. The van der Waals surface area contributed by atoms with E-state index in [0.29, 0.717) is 16.5 Å². The summed E-state index contributed by atoms with van der Waals surface area (Å²) < 4.78 is 4.83. The zero-order valence-corrected chi connectivity index (χ0v) is 12.5. The molecule has 19 heavy (non-hydrogen) atoms. The fraction of sp³-hybridized carbons (Fsp3) is 0.538. The number of anilines is 1. The minimum absolute atomic E-state index is 0.125. The number of rotatable bonds is 3. The van der Waals surface area contributed by atoms with Gasteiger partial charge in [-0.25, -0.2) is 4.79 Å². The lowest BCUT2D eigenvalue weighted by atomic mass is 9.88. The first-order valence-corrected chi connectivity index (χ1v) is 7.50. The molecule has 1 aromatic heterocycles. The SMILES string of the molecule is COC(=O)c1c(NC(=O)CCl)sc2c1CC[C@@H](C)C2. The third kappa shape index (κ3) is 2.92. The van der Waals surface area contributed by atoms with Crippen LogP contribution in [0.4, 0.5) is 5.00 Å². The lowest BCUT2D eigenvalue weighted by Gasteiger charge is -2.18. The molecular weight excluding hydrogens is 286 g/mol. The Bertz CT molecular complexity index is 512. The normalized spacial score (nSPS) is 17.7. The molecule has 2 rings (SSSR count). The molecule has 0 saturated heterocycles. The van der Waals surface area contributed by atoms with Crippen molar-refractivity contribution in [3.8, 4) is 0 Å². The van der Waals surface area contributed by atoms with Crippen LogP contribution in [0.5, 0.6) is 0 Å². The van der Waals surface area contributed by atoms with E-state index in [2.05, 4.69) is 12.2 Å². The van der Waals surface area contributed by atoms with E-state index in [1.165, 1.54) is 23.3 Å². The summed E-state index contributed by atoms with van der Waals surface area (Å²) >= 11 is 6.96. The van der Waals surface area contributed by atoms with Crippen molar-refractivity contribution in [1.29, 1.82) is 0 Å². The second-order valence-electron chi connectivity index (χ2n) is 4.73. The zero-order valence-electron chi connectivity index (χ0n) is 10.9. The van der Waals surface area contributed by atoms with Gasteiger partial charge in [-0.05, 0) is 30.7 Å². The number of carbonyl (C=O) groups is 2. The maximum Gasteiger partial charge on any atom is 0.341 e. The summed E-state index contributed by atoms with van der Waals surface area (Å²) in [6.45, 7) is 2.19. The summed E-state index contributed by atoms with van der Waals surface area (Å²) in [5, 5.41) is 3.26. The van der Waals surface area contributed by atoms with Gasteiger partial charge in [0.05, 0.1) is 12.7 Å². The maximum absolute atomic E-state index is 11.9. The van der Waals surface area contributed by atoms with Crippen LogP contribution < -0.4 is 5.32 Å². The second-order valence-corrected chi connectivity index (χ2v) is 6.10. The van der Waals surface area contributed by atoms with Crippen LogP contribution in [0.3, 0.4) is 0 Å². The molecule has 0 aromatic carbocycles. The van der Waals surface area contributed by atoms with Crippen LogP contribution in [-0.4, -0.2) is 24.9 Å². The summed E-state index contributed by atoms with van der Waals surface area (Å²) in [5.41, 5.74) is 1.53. The molecule has 0 spiro atoms. The quantitative estimate of drug-likeness (QED) is 0.690. The van der Waals surface area contributed by atoms with Gasteiger partial charge in [-0.15, -0.1) is 22.9 Å². The number of ether oxygens (including phenoxy) is 1. The van der Waals surface area contributed by atoms with Crippen molar-refractivity contribution in [3.05, 3.63) is 16.0 Å². The highest BCUT2D eigenvalue weighted by Gasteiger charge is 2.28. The first-order chi connectivity index (χ1) is 9.06. The second kappa shape index (κ2) is 5.92. The number of amides is 1. The minimum atomic E-state index is -0.392. The molecule has 0 unspecified atom stereocenters. The third-order valence-electron chi connectivity index (χ3n) is 3.28. The predicted octanol–water partition coefficient (Wildman–Crippen LogP) is 2.84. The van der Waals surface area contributed by atoms with Gasteiger partial charge >= 0.3 is 5.97 Å². The lowest BCUT2D eigenvalue weighted by Crippen LogP contribution is -2.16. The van der Waals surface area contributed by atoms with E-state index in [9.17, 15) is 9.59 Å². The molecule has 0 radical (unpaired) electrons. The van der Waals surface area contributed by atoms with Crippen molar-refractivity contribution in [1.82, 2.24) is 0 Å². The van der Waals surface area contributed by atoms with Crippen molar-refractivity contribution in [2.45, 2.75) is 26.2 Å². The number of hydrogen-bond acceptors (Lipinski definition) is 4. The Morgan fingerprint density at radius 3 is 2.89 bits per heavy atom. The van der Waals surface area contributed by atoms with Crippen molar-refractivity contribution in [2.75, 3.05) is 18.3 Å². The molecule has 104 valence electrons. The fourth-order valence-electron chi connectivity index (χ4n) is 2.32. The van der Waals surface area contributed by atoms with Gasteiger partial charge in [0.1, 0.15) is 10.9 Å². The topological polar surface area (TPSA) is 55.4 Å². The first kappa shape index (κ1) is 14.3. The summed E-state index contributed by atoms with van der Waals surface area (Å²) in [6.07, 6.45) is 2.85. The Morgan fingerprint density at radius 2 is 2.26 bits per heavy atom. The molecule has 0 saturated carbocycles. The van der Waals surface area contributed by atoms with Crippen LogP contribution in [0.25, 0.3) is 0 Å². The van der Waals surface area contributed by atoms with Crippen molar-refractivity contribution < 1.29 is 14.3 Å². The van der Waals surface area contributed by atoms with Crippen LogP contribution >= 0.6 is 22.9 Å². The van der Waals surface area contributed by atoms with Gasteiger partial charge in [0.25, 0.3) is 0 Å². The fourth-order valence-corrected chi connectivity index (χ4v) is 3.80. The zero-order chi connectivity index (χ0) is 14.0. The van der Waals surface area contributed by atoms with Crippen molar-refractivity contribution in [3.63, 3.8) is 0 Å². The highest BCUT2D eigenvalue weighted by atomic mass is 35.5. The highest BCUT2D eigenvalue weighted by Crippen LogP contribution is 2.39. The smallest absolute Gasteiger partial charge is 0.341 e. The predicted molar refractivity (Wildman–Crippen MR) is 76.2 cm³/mol. The molecule has 1 N–H and O–H groups in total. The Kier molecular flexibility index (Phi) is 4.47. The van der Waals surface area contributed by atoms with E-state index in [-0.39, 0.29) is 11.8 Å². The van der Waals surface area contributed by atoms with Gasteiger partial charge in [-0.2, -0.15) is 0 Å². The molecule has 1 amide bonds. The molecule has 1 atom stereocenters. The van der Waals surface area contributed by atoms with E-state index >= 15 is 0 Å². The van der Waals surface area contributed by atoms with Crippen LogP contribution in [0.15, 0.2) is 0 Å². The van der Waals surface area contributed by atoms with E-state index in [1.54, 1.807) is 0 Å². The van der Waals surface area contributed by atoms with Gasteiger partial charge in [0, 0.05) is 4.88 Å². The molecule has 0 bridgehead atoms. The van der Waals surface area contributed by atoms with E-state index in [1.807, 2.05) is 0 Å². The third-order valence-corrected chi connectivity index (χ3v) is 4.69. The molecule has 4 nitrogen and oxygen atoms in total. The minimum Gasteiger partial charge on any atom is -0.465 e. The number of fused-ring (bicyclic) bond motifs is 1. The molecule has 1 heterocycles. The Balaban J connectivity index is 2.41. The number of nitrogens with one attached hydrogen (secondary N) is 1. The summed E-state index contributed by atoms with van der Waals surface area (Å²) in [4.78, 5) is 24.5. The summed E-state index contributed by atoms with van der Waals surface area (Å²) in [5.74, 6) is -0.219. The molecule has 1 aliphatic rings. The van der Waals surface area contributed by atoms with Gasteiger partial charge in [0.15, 0.2) is 0 Å². The standard InChI is InChI=1S/C13H16ClNO3S/c1-7-3-4-8-9(5-7)19-12(15-10(16)6-14)11(8)13(17)18-2/h7H,3-6H2,1-2H3,(H,15,16)/t7-/m1/s1. The van der Waals surface area contributed by atoms with Crippen LogP contribution in [0.1, 0.15) is 34.1 Å². The van der Waals surface area contributed by atoms with Gasteiger partial charge < -0.3 is 10.1 Å². The first-order valence-electron chi connectivity index (χ1n) is 6.15. The van der Waals surface area contributed by atoms with Gasteiger partial charge in [-0.3, -0.25) is 4.79 Å². The molecular formula is C13H16ClNO3S. The maximum atomic E-state index is 11.9. The Labute approximate surface area is 121 Å². The van der Waals surface area contributed by atoms with E-state index in [0.717, 1.165) is 24.8 Å². The van der Waals surface area contributed by atoms with Crippen LogP contribution in [0, 0.1) is 5.92 Å². The lowest BCUT2D eigenvalue weighted by molar-refractivity contribution is -0.113. The summed E-state index contributed by atoms with van der Waals surface area (Å²) in [7, 11) is 1.35. The highest BCUT2D eigenvalue weighted by molar-refractivity contribution is 7.17. The Hall–Kier alpha value is -1.07. The molecule has 1 aromatic rings. The number of hydrogen-bond donors (Lipinski definition) is 1. The largest absolute Gasteiger partial charge is 0.465 e. The van der Waals surface area contributed by atoms with E-state index < -0.39 is 5.97 Å². The molecule has 0 fully saturated rings. The monoisotopic (exact) mass is 301 g/mol. The number of halogens is 1. The molecule has 6 heteroatoms. The van der Waals surface area contributed by atoms with Crippen LogP contribution in [-0.2, 0) is 22.4 Å². The number of carbonyl (C=O) groups excluding carboxylic acids is 2. The van der Waals surface area contributed by atoms with Gasteiger partial charge in [0.2, 0.25) is 5.91 Å². The van der Waals surface area contributed by atoms with Crippen LogP contribution in [0.2, 0.25) is 0 Å². The summed E-state index contributed by atoms with van der Waals surface area (Å²) in [6, 6.07) is 0. The molecule has 1 aliphatic carbocycles. The average molecular weight is 302 g/mol. The van der Waals surface area contributed by atoms with E-state index in [4.69, 9.17) is 16.3 Å². The van der Waals surface area contributed by atoms with Gasteiger partial charge in [-0.1, -0.05) is 6.92 Å². The van der Waals surface area contributed by atoms with Crippen molar-refractivity contribution in [2.24, 2.45) is 5.92 Å². The number of alkyl halides is 1. The number of methoxy groups -OCH3 is 1. The number of esters is 1. The average Bonchev–Trinajstić information content (AvgIpc) is 2.74. The molecule has 0 aliphatic heterocycles. The Morgan fingerprint density at radius 1 is 1.53 bits per heavy atom.